The highest BCUT2D eigenvalue weighted by Crippen LogP contribution is 2.35. The standard InChI is InChI=1S/C26H30O4S2/c1-25(2,3)19-7-13-22(14-8-19)31(23-15-9-20(10-16-23)26(4,5)6)24-17-11-21(12-18-24)30-32(27,28)29/h7-18H,1-6H3/p+1. The van der Waals surface area contributed by atoms with Crippen molar-refractivity contribution in [3.8, 4) is 5.75 Å². The van der Waals surface area contributed by atoms with Crippen LogP contribution in [0.3, 0.4) is 0 Å². The molecular formula is C26H31O4S2+. The van der Waals surface area contributed by atoms with Gasteiger partial charge in [0.25, 0.3) is 0 Å². The number of hydrogen-bond acceptors (Lipinski definition) is 3. The molecule has 0 atom stereocenters. The van der Waals surface area contributed by atoms with E-state index in [0.717, 1.165) is 4.90 Å². The second kappa shape index (κ2) is 8.93. The third-order valence-corrected chi connectivity index (χ3v) is 7.81. The molecule has 4 nitrogen and oxygen atoms in total. The van der Waals surface area contributed by atoms with Crippen molar-refractivity contribution in [3.05, 3.63) is 83.9 Å². The van der Waals surface area contributed by atoms with Gasteiger partial charge in [-0.15, -0.1) is 0 Å². The zero-order valence-corrected chi connectivity index (χ0v) is 21.0. The summed E-state index contributed by atoms with van der Waals surface area (Å²) >= 11 is 0. The second-order valence-electron chi connectivity index (χ2n) is 9.84. The Labute approximate surface area is 195 Å². The second-order valence-corrected chi connectivity index (χ2v) is 12.9. The average Bonchev–Trinajstić information content (AvgIpc) is 2.68. The minimum Gasteiger partial charge on any atom is -0.362 e. The first-order chi connectivity index (χ1) is 14.7. The van der Waals surface area contributed by atoms with E-state index in [-0.39, 0.29) is 27.5 Å². The summed E-state index contributed by atoms with van der Waals surface area (Å²) in [5, 5.41) is 0. The van der Waals surface area contributed by atoms with Crippen LogP contribution in [0.1, 0.15) is 52.7 Å². The SMILES string of the molecule is CC(C)(C)c1ccc([S+](c2ccc(OS(=O)(=O)O)cc2)c2ccc(C(C)(C)C)cc2)cc1. The first-order valence-corrected chi connectivity index (χ1v) is 13.1. The Morgan fingerprint density at radius 2 is 0.938 bits per heavy atom. The lowest BCUT2D eigenvalue weighted by Crippen LogP contribution is -2.13. The van der Waals surface area contributed by atoms with Gasteiger partial charge in [-0.05, 0) is 70.5 Å². The fourth-order valence-corrected chi connectivity index (χ4v) is 5.74. The van der Waals surface area contributed by atoms with E-state index in [1.54, 1.807) is 12.1 Å². The van der Waals surface area contributed by atoms with Gasteiger partial charge in [-0.25, -0.2) is 0 Å². The largest absolute Gasteiger partial charge is 0.446 e. The van der Waals surface area contributed by atoms with E-state index in [1.807, 2.05) is 12.1 Å². The topological polar surface area (TPSA) is 63.6 Å². The fraction of sp³-hybridized carbons (Fsp3) is 0.308. The summed E-state index contributed by atoms with van der Waals surface area (Å²) in [5.74, 6) is 0.0750. The van der Waals surface area contributed by atoms with Gasteiger partial charge in [0.15, 0.2) is 14.7 Å². The van der Waals surface area contributed by atoms with Crippen molar-refractivity contribution in [2.45, 2.75) is 67.1 Å². The highest BCUT2D eigenvalue weighted by molar-refractivity contribution is 7.97. The normalized spacial score (nSPS) is 12.8. The van der Waals surface area contributed by atoms with Crippen LogP contribution in [0.25, 0.3) is 0 Å². The van der Waals surface area contributed by atoms with E-state index in [4.69, 9.17) is 4.55 Å². The predicted molar refractivity (Wildman–Crippen MR) is 131 cm³/mol. The van der Waals surface area contributed by atoms with Crippen LogP contribution in [-0.2, 0) is 32.1 Å². The number of rotatable bonds is 5. The number of hydrogen-bond donors (Lipinski definition) is 1. The van der Waals surface area contributed by atoms with Crippen molar-refractivity contribution >= 4 is 21.3 Å². The fourth-order valence-electron chi connectivity index (χ4n) is 3.34. The molecule has 6 heteroatoms. The smallest absolute Gasteiger partial charge is 0.362 e. The molecule has 3 aromatic carbocycles. The van der Waals surface area contributed by atoms with Crippen LogP contribution in [0.15, 0.2) is 87.5 Å². The lowest BCUT2D eigenvalue weighted by atomic mass is 9.87. The van der Waals surface area contributed by atoms with E-state index in [1.165, 1.54) is 20.9 Å². The molecule has 0 saturated carbocycles. The maximum atomic E-state index is 11.0. The van der Waals surface area contributed by atoms with Crippen molar-refractivity contribution in [2.75, 3.05) is 0 Å². The summed E-state index contributed by atoms with van der Waals surface area (Å²) in [6, 6.07) is 24.2. The van der Waals surface area contributed by atoms with Gasteiger partial charge < -0.3 is 4.18 Å². The van der Waals surface area contributed by atoms with Crippen LogP contribution in [0.2, 0.25) is 0 Å². The summed E-state index contributed by atoms with van der Waals surface area (Å²) in [7, 11) is -4.93. The van der Waals surface area contributed by atoms with Crippen molar-refractivity contribution in [2.24, 2.45) is 0 Å². The predicted octanol–water partition coefficient (Wildman–Crippen LogP) is 6.56. The molecule has 3 aromatic rings. The van der Waals surface area contributed by atoms with Gasteiger partial charge in [0.05, 0.1) is 10.9 Å². The summed E-state index contributed by atoms with van der Waals surface area (Å²) in [5.41, 5.74) is 2.68. The van der Waals surface area contributed by atoms with Crippen LogP contribution in [-0.4, -0.2) is 13.0 Å². The van der Waals surface area contributed by atoms with Gasteiger partial charge in [0.2, 0.25) is 0 Å². The molecule has 0 fully saturated rings. The molecule has 0 aromatic heterocycles. The van der Waals surface area contributed by atoms with Gasteiger partial charge >= 0.3 is 10.4 Å². The molecule has 0 saturated heterocycles. The van der Waals surface area contributed by atoms with Crippen molar-refractivity contribution in [1.29, 1.82) is 0 Å². The Bertz CT molecular complexity index is 1090. The highest BCUT2D eigenvalue weighted by Gasteiger charge is 2.30. The van der Waals surface area contributed by atoms with Crippen molar-refractivity contribution in [3.63, 3.8) is 0 Å². The van der Waals surface area contributed by atoms with E-state index < -0.39 is 10.4 Å². The highest BCUT2D eigenvalue weighted by atomic mass is 32.3. The lowest BCUT2D eigenvalue weighted by Gasteiger charge is -2.20. The first-order valence-electron chi connectivity index (χ1n) is 10.5. The zero-order chi connectivity index (χ0) is 23.7. The monoisotopic (exact) mass is 471 g/mol. The van der Waals surface area contributed by atoms with Crippen LogP contribution in [0, 0.1) is 0 Å². The van der Waals surface area contributed by atoms with Crippen LogP contribution >= 0.6 is 0 Å². The molecule has 0 heterocycles. The molecule has 0 aliphatic carbocycles. The number of benzene rings is 3. The molecule has 0 spiro atoms. The third kappa shape index (κ3) is 6.15. The molecule has 0 bridgehead atoms. The molecule has 1 N–H and O–H groups in total. The van der Waals surface area contributed by atoms with Crippen LogP contribution < -0.4 is 4.18 Å². The molecular weight excluding hydrogens is 440 g/mol. The Hall–Kier alpha value is -2.28. The van der Waals surface area contributed by atoms with Crippen molar-refractivity contribution in [1.82, 2.24) is 0 Å². The Morgan fingerprint density at radius 3 is 1.22 bits per heavy atom. The molecule has 0 radical (unpaired) electrons. The van der Waals surface area contributed by atoms with Gasteiger partial charge in [0.1, 0.15) is 5.75 Å². The average molecular weight is 472 g/mol. The molecule has 0 amide bonds. The van der Waals surface area contributed by atoms with Crippen LogP contribution in [0.5, 0.6) is 5.75 Å². The minimum absolute atomic E-state index is 0.0697. The van der Waals surface area contributed by atoms with E-state index in [9.17, 15) is 8.42 Å². The summed E-state index contributed by atoms with van der Waals surface area (Å²) in [4.78, 5) is 3.37. The summed E-state index contributed by atoms with van der Waals surface area (Å²) in [6.07, 6.45) is 0. The van der Waals surface area contributed by atoms with E-state index >= 15 is 0 Å². The maximum Gasteiger partial charge on any atom is 0.446 e. The molecule has 170 valence electrons. The van der Waals surface area contributed by atoms with Crippen LogP contribution in [0.4, 0.5) is 0 Å². The van der Waals surface area contributed by atoms with Gasteiger partial charge in [-0.3, -0.25) is 4.55 Å². The lowest BCUT2D eigenvalue weighted by molar-refractivity contribution is 0.386. The quantitative estimate of drug-likeness (QED) is 0.338. The van der Waals surface area contributed by atoms with Crippen molar-refractivity contribution < 1.29 is 17.2 Å². The Balaban J connectivity index is 2.05. The summed E-state index contributed by atoms with van der Waals surface area (Å²) in [6.45, 7) is 13.2. The Kier molecular flexibility index (Phi) is 6.80. The van der Waals surface area contributed by atoms with E-state index in [2.05, 4.69) is 94.3 Å². The Morgan fingerprint density at radius 1 is 0.625 bits per heavy atom. The van der Waals surface area contributed by atoms with Gasteiger partial charge in [0, 0.05) is 0 Å². The van der Waals surface area contributed by atoms with E-state index in [0.29, 0.717) is 0 Å². The molecule has 0 unspecified atom stereocenters. The minimum atomic E-state index is -4.55. The summed E-state index contributed by atoms with van der Waals surface area (Å²) < 4.78 is 35.6. The third-order valence-electron chi connectivity index (χ3n) is 5.17. The van der Waals surface area contributed by atoms with Gasteiger partial charge in [-0.2, -0.15) is 8.42 Å². The molecule has 3 rings (SSSR count). The molecule has 0 aliphatic heterocycles. The zero-order valence-electron chi connectivity index (χ0n) is 19.4. The van der Waals surface area contributed by atoms with Gasteiger partial charge in [-0.1, -0.05) is 65.8 Å². The molecule has 0 aliphatic rings. The maximum absolute atomic E-state index is 11.0. The molecule has 32 heavy (non-hydrogen) atoms. The first kappa shape index (κ1) is 24.4.